The van der Waals surface area contributed by atoms with E-state index in [1.165, 1.54) is 0 Å². The first-order valence-electron chi connectivity index (χ1n) is 9.84. The molecule has 0 aliphatic carbocycles. The van der Waals surface area contributed by atoms with Crippen molar-refractivity contribution in [2.45, 2.75) is 45.3 Å². The number of carbonyl (C=O) groups excluding carboxylic acids is 1. The highest BCUT2D eigenvalue weighted by molar-refractivity contribution is 5.84. The van der Waals surface area contributed by atoms with Gasteiger partial charge in [0.2, 0.25) is 5.91 Å². The zero-order valence-electron chi connectivity index (χ0n) is 16.4. The van der Waals surface area contributed by atoms with Crippen molar-refractivity contribution >= 4 is 5.91 Å². The summed E-state index contributed by atoms with van der Waals surface area (Å²) in [4.78, 5) is 12.9. The first-order chi connectivity index (χ1) is 13.2. The first-order valence-corrected chi connectivity index (χ1v) is 9.84. The van der Waals surface area contributed by atoms with E-state index in [0.717, 1.165) is 24.0 Å². The molecule has 0 fully saturated rings. The summed E-state index contributed by atoms with van der Waals surface area (Å²) in [7, 11) is 0. The summed E-state index contributed by atoms with van der Waals surface area (Å²) in [6.45, 7) is 5.80. The third-order valence-electron chi connectivity index (χ3n) is 4.42. The summed E-state index contributed by atoms with van der Waals surface area (Å²) >= 11 is 0. The van der Waals surface area contributed by atoms with Crippen molar-refractivity contribution < 1.29 is 14.3 Å². The molecule has 2 aromatic rings. The zero-order valence-corrected chi connectivity index (χ0v) is 16.4. The lowest BCUT2D eigenvalue weighted by molar-refractivity contribution is -0.140. The van der Waals surface area contributed by atoms with Crippen molar-refractivity contribution in [2.75, 3.05) is 19.8 Å². The van der Waals surface area contributed by atoms with Crippen LogP contribution >= 0.6 is 0 Å². The molecule has 1 unspecified atom stereocenters. The average molecular weight is 370 g/mol. The van der Waals surface area contributed by atoms with Gasteiger partial charge in [0.1, 0.15) is 0 Å². The SMILES string of the molecule is CCOC(CCCNC(=O)C(Cc1ccccc1)c1ccccc1)OCC. The fourth-order valence-corrected chi connectivity index (χ4v) is 3.09. The number of ether oxygens (including phenoxy) is 2. The topological polar surface area (TPSA) is 47.6 Å². The molecule has 0 aromatic heterocycles. The molecule has 0 bridgehead atoms. The lowest BCUT2D eigenvalue weighted by Gasteiger charge is -2.19. The molecule has 0 spiro atoms. The first kappa shape index (κ1) is 21.1. The molecular formula is C23H31NO3. The fraction of sp³-hybridized carbons (Fsp3) is 0.435. The average Bonchev–Trinajstić information content (AvgIpc) is 2.71. The van der Waals surface area contributed by atoms with Crippen molar-refractivity contribution in [3.05, 3.63) is 71.8 Å². The molecule has 0 aliphatic rings. The predicted molar refractivity (Wildman–Crippen MR) is 109 cm³/mol. The van der Waals surface area contributed by atoms with Crippen molar-refractivity contribution in [1.29, 1.82) is 0 Å². The molecule has 27 heavy (non-hydrogen) atoms. The number of amides is 1. The summed E-state index contributed by atoms with van der Waals surface area (Å²) in [6, 6.07) is 20.1. The summed E-state index contributed by atoms with van der Waals surface area (Å²) in [6.07, 6.45) is 2.10. The van der Waals surface area contributed by atoms with Crippen molar-refractivity contribution in [2.24, 2.45) is 0 Å². The standard InChI is InChI=1S/C23H31NO3/c1-3-26-22(27-4-2)16-11-17-24-23(25)21(20-14-9-6-10-15-20)18-19-12-7-5-8-13-19/h5-10,12-15,21-22H,3-4,11,16-18H2,1-2H3,(H,24,25). The molecule has 2 rings (SSSR count). The highest BCUT2D eigenvalue weighted by Gasteiger charge is 2.20. The minimum atomic E-state index is -0.191. The Labute approximate surface area is 162 Å². The summed E-state index contributed by atoms with van der Waals surface area (Å²) < 4.78 is 11.1. The van der Waals surface area contributed by atoms with Gasteiger partial charge in [-0.3, -0.25) is 4.79 Å². The van der Waals surface area contributed by atoms with Crippen LogP contribution in [0.15, 0.2) is 60.7 Å². The second-order valence-electron chi connectivity index (χ2n) is 6.43. The van der Waals surface area contributed by atoms with Crippen LogP contribution in [-0.4, -0.2) is 32.0 Å². The Kier molecular flexibility index (Phi) is 9.60. The third-order valence-corrected chi connectivity index (χ3v) is 4.42. The van der Waals surface area contributed by atoms with Crippen LogP contribution in [0, 0.1) is 0 Å². The molecule has 0 aliphatic heterocycles. The van der Waals surface area contributed by atoms with Crippen molar-refractivity contribution in [1.82, 2.24) is 5.32 Å². The molecule has 1 atom stereocenters. The van der Waals surface area contributed by atoms with E-state index in [9.17, 15) is 4.79 Å². The Balaban J connectivity index is 1.92. The van der Waals surface area contributed by atoms with Gasteiger partial charge in [0.05, 0.1) is 5.92 Å². The zero-order chi connectivity index (χ0) is 19.3. The van der Waals surface area contributed by atoms with Gasteiger partial charge >= 0.3 is 0 Å². The second kappa shape index (κ2) is 12.3. The maximum atomic E-state index is 12.9. The van der Waals surface area contributed by atoms with Crippen LogP contribution in [0.3, 0.4) is 0 Å². The number of hydrogen-bond acceptors (Lipinski definition) is 3. The lowest BCUT2D eigenvalue weighted by atomic mass is 9.91. The third kappa shape index (κ3) is 7.53. The molecule has 0 radical (unpaired) electrons. The Hall–Kier alpha value is -2.17. The quantitative estimate of drug-likeness (QED) is 0.448. The van der Waals surface area contributed by atoms with E-state index in [4.69, 9.17) is 9.47 Å². The molecule has 2 aromatic carbocycles. The molecule has 146 valence electrons. The molecular weight excluding hydrogens is 338 g/mol. The van der Waals surface area contributed by atoms with Gasteiger partial charge in [0.25, 0.3) is 0 Å². The molecule has 1 amide bonds. The van der Waals surface area contributed by atoms with Crippen LogP contribution < -0.4 is 5.32 Å². The van der Waals surface area contributed by atoms with Gasteiger partial charge in [-0.15, -0.1) is 0 Å². The number of hydrogen-bond donors (Lipinski definition) is 1. The summed E-state index contributed by atoms with van der Waals surface area (Å²) in [5, 5.41) is 3.09. The number of carbonyl (C=O) groups is 1. The molecule has 0 saturated carbocycles. The molecule has 1 N–H and O–H groups in total. The van der Waals surface area contributed by atoms with Crippen molar-refractivity contribution in [3.63, 3.8) is 0 Å². The van der Waals surface area contributed by atoms with E-state index in [1.54, 1.807) is 0 Å². The maximum absolute atomic E-state index is 12.9. The predicted octanol–water partition coefficient (Wildman–Crippen LogP) is 4.31. The van der Waals surface area contributed by atoms with E-state index in [2.05, 4.69) is 17.4 Å². The summed E-state index contributed by atoms with van der Waals surface area (Å²) in [5.41, 5.74) is 2.20. The minimum Gasteiger partial charge on any atom is -0.356 e. The Morgan fingerprint density at radius 1 is 0.926 bits per heavy atom. The highest BCUT2D eigenvalue weighted by Crippen LogP contribution is 2.21. The van der Waals surface area contributed by atoms with E-state index in [-0.39, 0.29) is 18.1 Å². The second-order valence-corrected chi connectivity index (χ2v) is 6.43. The van der Waals surface area contributed by atoms with Crippen LogP contribution in [0.2, 0.25) is 0 Å². The van der Waals surface area contributed by atoms with Crippen LogP contribution in [0.1, 0.15) is 43.7 Å². The van der Waals surface area contributed by atoms with E-state index >= 15 is 0 Å². The van der Waals surface area contributed by atoms with Gasteiger partial charge in [0, 0.05) is 26.2 Å². The van der Waals surface area contributed by atoms with Gasteiger partial charge in [-0.05, 0) is 37.8 Å². The van der Waals surface area contributed by atoms with Crippen LogP contribution in [-0.2, 0) is 20.7 Å². The monoisotopic (exact) mass is 369 g/mol. The number of nitrogens with one attached hydrogen (secondary N) is 1. The van der Waals surface area contributed by atoms with Gasteiger partial charge in [-0.1, -0.05) is 60.7 Å². The molecule has 0 saturated heterocycles. The molecule has 4 heteroatoms. The largest absolute Gasteiger partial charge is 0.356 e. The Bertz CT molecular complexity index is 639. The minimum absolute atomic E-state index is 0.0643. The lowest BCUT2D eigenvalue weighted by Crippen LogP contribution is -2.32. The van der Waals surface area contributed by atoms with E-state index in [0.29, 0.717) is 26.2 Å². The normalized spacial score (nSPS) is 12.1. The van der Waals surface area contributed by atoms with Crippen molar-refractivity contribution in [3.8, 4) is 0 Å². The Morgan fingerprint density at radius 3 is 2.11 bits per heavy atom. The fourth-order valence-electron chi connectivity index (χ4n) is 3.09. The van der Waals surface area contributed by atoms with Gasteiger partial charge in [0.15, 0.2) is 6.29 Å². The maximum Gasteiger partial charge on any atom is 0.227 e. The number of rotatable bonds is 12. The van der Waals surface area contributed by atoms with Crippen LogP contribution in [0.4, 0.5) is 0 Å². The Morgan fingerprint density at radius 2 is 1.52 bits per heavy atom. The molecule has 0 heterocycles. The number of benzene rings is 2. The summed E-state index contributed by atoms with van der Waals surface area (Å²) in [5.74, 6) is -0.127. The van der Waals surface area contributed by atoms with Crippen LogP contribution in [0.5, 0.6) is 0 Å². The van der Waals surface area contributed by atoms with Crippen LogP contribution in [0.25, 0.3) is 0 Å². The van der Waals surface area contributed by atoms with Gasteiger partial charge < -0.3 is 14.8 Å². The van der Waals surface area contributed by atoms with E-state index in [1.807, 2.05) is 62.4 Å². The highest BCUT2D eigenvalue weighted by atomic mass is 16.7. The molecule has 4 nitrogen and oxygen atoms in total. The van der Waals surface area contributed by atoms with Gasteiger partial charge in [-0.25, -0.2) is 0 Å². The van der Waals surface area contributed by atoms with E-state index < -0.39 is 0 Å². The smallest absolute Gasteiger partial charge is 0.227 e. The van der Waals surface area contributed by atoms with Gasteiger partial charge in [-0.2, -0.15) is 0 Å².